The number of thiazole rings is 1. The van der Waals surface area contributed by atoms with Crippen molar-refractivity contribution >= 4 is 50.8 Å². The average molecular weight is 346 g/mol. The molecule has 0 aromatic carbocycles. The molecule has 0 bridgehead atoms. The van der Waals surface area contributed by atoms with Gasteiger partial charge in [-0.3, -0.25) is 4.40 Å². The monoisotopic (exact) mass is 345 g/mol. The second-order valence-electron chi connectivity index (χ2n) is 4.42. The van der Waals surface area contributed by atoms with E-state index in [9.17, 15) is 0 Å². The highest BCUT2D eigenvalue weighted by Gasteiger charge is 2.18. The number of likely N-dealkylation sites (N-methyl/N-ethyl adjacent to an activating group) is 1. The third kappa shape index (κ3) is 2.87. The Morgan fingerprint density at radius 2 is 2.30 bits per heavy atom. The van der Waals surface area contributed by atoms with Crippen LogP contribution in [0.2, 0.25) is 8.67 Å². The number of thiophene rings is 1. The molecule has 7 heteroatoms. The fourth-order valence-electron chi connectivity index (χ4n) is 2.21. The van der Waals surface area contributed by atoms with Gasteiger partial charge >= 0.3 is 0 Å². The minimum atomic E-state index is 0.140. The fourth-order valence-corrected chi connectivity index (χ4v) is 4.51. The molecule has 3 aromatic heterocycles. The second kappa shape index (κ2) is 6.03. The third-order valence-corrected chi connectivity index (χ3v) is 5.35. The van der Waals surface area contributed by atoms with Gasteiger partial charge in [-0.05, 0) is 12.6 Å². The molecule has 0 fully saturated rings. The number of halogens is 2. The maximum Gasteiger partial charge on any atom is 0.193 e. The molecule has 106 valence electrons. The van der Waals surface area contributed by atoms with E-state index in [1.165, 1.54) is 11.3 Å². The maximum atomic E-state index is 6.27. The van der Waals surface area contributed by atoms with Crippen molar-refractivity contribution in [2.75, 3.05) is 6.54 Å². The van der Waals surface area contributed by atoms with Gasteiger partial charge in [0.15, 0.2) is 4.96 Å². The van der Waals surface area contributed by atoms with Gasteiger partial charge in [-0.25, -0.2) is 4.98 Å². The van der Waals surface area contributed by atoms with E-state index in [4.69, 9.17) is 23.2 Å². The van der Waals surface area contributed by atoms with Crippen LogP contribution in [0.5, 0.6) is 0 Å². The van der Waals surface area contributed by atoms with Crippen LogP contribution in [0, 0.1) is 0 Å². The van der Waals surface area contributed by atoms with Gasteiger partial charge in [0, 0.05) is 35.8 Å². The lowest BCUT2D eigenvalue weighted by Crippen LogP contribution is -2.22. The van der Waals surface area contributed by atoms with Crippen LogP contribution in [0.15, 0.2) is 23.8 Å². The molecular weight excluding hydrogens is 333 g/mol. The van der Waals surface area contributed by atoms with E-state index in [2.05, 4.69) is 23.4 Å². The van der Waals surface area contributed by atoms with Crippen LogP contribution in [0.4, 0.5) is 0 Å². The number of aromatic nitrogens is 2. The summed E-state index contributed by atoms with van der Waals surface area (Å²) >= 11 is 15.4. The first-order chi connectivity index (χ1) is 9.67. The van der Waals surface area contributed by atoms with Crippen molar-refractivity contribution < 1.29 is 0 Å². The molecule has 1 atom stereocenters. The number of nitrogens with one attached hydrogen (secondary N) is 1. The molecule has 1 unspecified atom stereocenters. The molecule has 0 saturated heterocycles. The molecule has 20 heavy (non-hydrogen) atoms. The minimum absolute atomic E-state index is 0.140. The van der Waals surface area contributed by atoms with Gasteiger partial charge in [0.2, 0.25) is 0 Å². The summed E-state index contributed by atoms with van der Waals surface area (Å²) in [6, 6.07) is 2.08. The Labute approximate surface area is 135 Å². The normalized spacial score (nSPS) is 13.2. The molecular formula is C13H13Cl2N3S2. The van der Waals surface area contributed by atoms with Crippen molar-refractivity contribution in [2.45, 2.75) is 19.4 Å². The summed E-state index contributed by atoms with van der Waals surface area (Å²) in [5.41, 5.74) is 2.11. The van der Waals surface area contributed by atoms with Crippen molar-refractivity contribution in [1.82, 2.24) is 14.7 Å². The van der Waals surface area contributed by atoms with Gasteiger partial charge in [0.25, 0.3) is 0 Å². The molecule has 3 rings (SSSR count). The Bertz CT molecular complexity index is 688. The van der Waals surface area contributed by atoms with E-state index < -0.39 is 0 Å². The highest BCUT2D eigenvalue weighted by Crippen LogP contribution is 2.36. The number of imidazole rings is 1. The molecule has 3 nitrogen and oxygen atoms in total. The fraction of sp³-hybridized carbons (Fsp3) is 0.308. The van der Waals surface area contributed by atoms with Gasteiger partial charge < -0.3 is 5.32 Å². The zero-order chi connectivity index (χ0) is 14.1. The van der Waals surface area contributed by atoms with Crippen LogP contribution in [-0.2, 0) is 6.42 Å². The van der Waals surface area contributed by atoms with Gasteiger partial charge in [0.05, 0.1) is 14.4 Å². The third-order valence-electron chi connectivity index (χ3n) is 3.07. The van der Waals surface area contributed by atoms with E-state index in [0.717, 1.165) is 37.9 Å². The van der Waals surface area contributed by atoms with E-state index in [1.807, 2.05) is 22.0 Å². The van der Waals surface area contributed by atoms with Crippen molar-refractivity contribution in [3.05, 3.63) is 43.8 Å². The molecule has 0 aliphatic heterocycles. The van der Waals surface area contributed by atoms with Crippen LogP contribution >= 0.6 is 45.9 Å². The van der Waals surface area contributed by atoms with Crippen LogP contribution in [0.25, 0.3) is 4.96 Å². The summed E-state index contributed by atoms with van der Waals surface area (Å²) in [6.45, 7) is 2.96. The quantitative estimate of drug-likeness (QED) is 0.728. The van der Waals surface area contributed by atoms with Crippen LogP contribution in [0.3, 0.4) is 0 Å². The summed E-state index contributed by atoms with van der Waals surface area (Å²) in [5, 5.41) is 5.49. The Balaban J connectivity index is 1.87. The van der Waals surface area contributed by atoms with Crippen LogP contribution in [-0.4, -0.2) is 15.9 Å². The Morgan fingerprint density at radius 1 is 1.45 bits per heavy atom. The van der Waals surface area contributed by atoms with Gasteiger partial charge in [0.1, 0.15) is 0 Å². The van der Waals surface area contributed by atoms with Crippen molar-refractivity contribution in [3.8, 4) is 0 Å². The Kier molecular flexibility index (Phi) is 4.33. The van der Waals surface area contributed by atoms with E-state index in [1.54, 1.807) is 11.3 Å². The molecule has 0 aliphatic carbocycles. The lowest BCUT2D eigenvalue weighted by molar-refractivity contribution is 0.547. The SMILES string of the molecule is CCNC(Cc1cn2ccsc2n1)c1cc(Cl)sc1Cl. The summed E-state index contributed by atoms with van der Waals surface area (Å²) in [7, 11) is 0. The lowest BCUT2D eigenvalue weighted by atomic mass is 10.1. The number of hydrogen-bond acceptors (Lipinski definition) is 4. The first-order valence-electron chi connectivity index (χ1n) is 6.26. The molecule has 3 aromatic rings. The number of hydrogen-bond donors (Lipinski definition) is 1. The lowest BCUT2D eigenvalue weighted by Gasteiger charge is -2.16. The van der Waals surface area contributed by atoms with E-state index in [-0.39, 0.29) is 6.04 Å². The largest absolute Gasteiger partial charge is 0.310 e. The molecule has 0 spiro atoms. The summed E-state index contributed by atoms with van der Waals surface area (Å²) < 4.78 is 3.52. The van der Waals surface area contributed by atoms with Crippen molar-refractivity contribution in [1.29, 1.82) is 0 Å². The first-order valence-corrected chi connectivity index (χ1v) is 8.71. The summed E-state index contributed by atoms with van der Waals surface area (Å²) in [4.78, 5) is 5.64. The standard InChI is InChI=1S/C13H13Cl2N3S2/c1-2-16-10(9-6-11(14)20-12(9)15)5-8-7-18-3-4-19-13(18)17-8/h3-4,6-7,10,16H,2,5H2,1H3. The highest BCUT2D eigenvalue weighted by molar-refractivity contribution is 7.20. The Hall–Kier alpha value is -0.590. The van der Waals surface area contributed by atoms with Gasteiger partial charge in [-0.2, -0.15) is 0 Å². The maximum absolute atomic E-state index is 6.27. The molecule has 0 saturated carbocycles. The average Bonchev–Trinajstić information content (AvgIpc) is 3.03. The number of fused-ring (bicyclic) bond motifs is 1. The van der Waals surface area contributed by atoms with Crippen LogP contribution in [0.1, 0.15) is 24.2 Å². The second-order valence-corrected chi connectivity index (χ2v) is 7.58. The molecule has 0 radical (unpaired) electrons. The molecule has 1 N–H and O–H groups in total. The number of nitrogens with zero attached hydrogens (tertiary/aromatic N) is 2. The van der Waals surface area contributed by atoms with E-state index >= 15 is 0 Å². The highest BCUT2D eigenvalue weighted by atomic mass is 35.5. The molecule has 0 amide bonds. The summed E-state index contributed by atoms with van der Waals surface area (Å²) in [6.07, 6.45) is 4.89. The predicted molar refractivity (Wildman–Crippen MR) is 87.5 cm³/mol. The predicted octanol–water partition coefficient (Wildman–Crippen LogP) is 4.66. The van der Waals surface area contributed by atoms with Gasteiger partial charge in [-0.15, -0.1) is 22.7 Å². The van der Waals surface area contributed by atoms with E-state index in [0.29, 0.717) is 0 Å². The zero-order valence-electron chi connectivity index (χ0n) is 10.8. The first kappa shape index (κ1) is 14.4. The van der Waals surface area contributed by atoms with Crippen LogP contribution < -0.4 is 5.32 Å². The molecule has 0 aliphatic rings. The number of rotatable bonds is 5. The zero-order valence-corrected chi connectivity index (χ0v) is 13.9. The topological polar surface area (TPSA) is 29.3 Å². The molecule has 3 heterocycles. The van der Waals surface area contributed by atoms with Crippen molar-refractivity contribution in [3.63, 3.8) is 0 Å². The smallest absolute Gasteiger partial charge is 0.193 e. The van der Waals surface area contributed by atoms with Crippen molar-refractivity contribution in [2.24, 2.45) is 0 Å². The summed E-state index contributed by atoms with van der Waals surface area (Å²) in [5.74, 6) is 0. The van der Waals surface area contributed by atoms with Gasteiger partial charge in [-0.1, -0.05) is 30.1 Å². The Morgan fingerprint density at radius 3 is 2.95 bits per heavy atom. The minimum Gasteiger partial charge on any atom is -0.310 e.